The number of carbonyl (C=O) groups excluding carboxylic acids is 3. The summed E-state index contributed by atoms with van der Waals surface area (Å²) in [5, 5.41) is 11.8. The molecule has 3 rings (SSSR count). The van der Waals surface area contributed by atoms with Crippen LogP contribution in [-0.4, -0.2) is 72.3 Å². The molecule has 0 spiro atoms. The Hall–Kier alpha value is -2.23. The Kier molecular flexibility index (Phi) is 23.6. The molecule has 3 aromatic rings. The Morgan fingerprint density at radius 3 is 1.16 bits per heavy atom. The van der Waals surface area contributed by atoms with Gasteiger partial charge in [0.15, 0.2) is 27.2 Å². The van der Waals surface area contributed by atoms with Gasteiger partial charge < -0.3 is 13.6 Å². The number of nitrogens with zero attached hydrogens (tertiary/aromatic N) is 3. The maximum Gasteiger partial charge on any atom is 0.162 e. The number of sulfone groups is 1. The summed E-state index contributed by atoms with van der Waals surface area (Å²) in [4.78, 5) is 36.6. The molecule has 0 saturated carbocycles. The average molecular weight is 1010 g/mol. The van der Waals surface area contributed by atoms with Crippen molar-refractivity contribution in [2.24, 2.45) is 17.8 Å². The summed E-state index contributed by atoms with van der Waals surface area (Å²) in [5.74, 6) is 5.57. The summed E-state index contributed by atoms with van der Waals surface area (Å²) in [5.41, 5.74) is 1.56. The lowest BCUT2D eigenvalue weighted by Crippen LogP contribution is -2.43. The van der Waals surface area contributed by atoms with Gasteiger partial charge in [0.2, 0.25) is 0 Å². The zero-order valence-electron chi connectivity index (χ0n) is 42.5. The number of rotatable bonds is 16. The van der Waals surface area contributed by atoms with Crippen LogP contribution in [0.3, 0.4) is 0 Å². The molecule has 0 fully saturated rings. The second-order valence-corrected chi connectivity index (χ2v) is 28.6. The third-order valence-corrected chi connectivity index (χ3v) is 15.2. The van der Waals surface area contributed by atoms with Gasteiger partial charge in [-0.05, 0) is 70.8 Å². The first-order valence-corrected chi connectivity index (χ1v) is 25.9. The minimum Gasteiger partial charge on any atom is -0.361 e. The number of thioether (sulfide) groups is 1. The number of halogens is 1. The zero-order chi connectivity index (χ0) is 49.7. The van der Waals surface area contributed by atoms with Gasteiger partial charge in [-0.25, -0.2) is 8.42 Å². The van der Waals surface area contributed by atoms with Crippen LogP contribution in [0.25, 0.3) is 0 Å². The molecule has 0 saturated heterocycles. The lowest BCUT2D eigenvalue weighted by molar-refractivity contribution is -0.120. The topological polar surface area (TPSA) is 163 Å². The summed E-state index contributed by atoms with van der Waals surface area (Å²) >= 11 is 9.07. The van der Waals surface area contributed by atoms with Crippen molar-refractivity contribution in [2.45, 2.75) is 195 Å². The van der Waals surface area contributed by atoms with E-state index < -0.39 is 18.9 Å². The summed E-state index contributed by atoms with van der Waals surface area (Å²) in [6.07, 6.45) is 0.611. The van der Waals surface area contributed by atoms with E-state index in [1.807, 2.05) is 95.2 Å². The van der Waals surface area contributed by atoms with Gasteiger partial charge in [-0.15, -0.1) is 11.8 Å². The van der Waals surface area contributed by atoms with Crippen molar-refractivity contribution in [3.8, 4) is 0 Å². The van der Waals surface area contributed by atoms with E-state index in [1.54, 1.807) is 17.8 Å². The Morgan fingerprint density at radius 1 is 0.587 bits per heavy atom. The Balaban J connectivity index is 0.000000875. The fourth-order valence-electron chi connectivity index (χ4n) is 4.65. The summed E-state index contributed by atoms with van der Waals surface area (Å²) in [6.45, 7) is 41.2. The molecule has 0 bridgehead atoms. The van der Waals surface area contributed by atoms with Crippen molar-refractivity contribution in [1.29, 1.82) is 0 Å². The van der Waals surface area contributed by atoms with E-state index in [1.165, 1.54) is 13.8 Å². The number of ketones is 3. The van der Waals surface area contributed by atoms with Gasteiger partial charge in [0.25, 0.3) is 0 Å². The van der Waals surface area contributed by atoms with Crippen LogP contribution in [0.15, 0.2) is 31.8 Å². The largest absolute Gasteiger partial charge is 0.361 e. The predicted octanol–water partition coefficient (Wildman–Crippen LogP) is 12.0. The van der Waals surface area contributed by atoms with Crippen molar-refractivity contribution in [3.05, 3.63) is 52.6 Å². The molecule has 0 aliphatic rings. The summed E-state index contributed by atoms with van der Waals surface area (Å²) in [6, 6.07) is 5.49. The standard InChI is InChI=1S/C16H27NO4S.C16H27NO2S.C12H18BrNO2.C4H10S/c1-11(2)10-22(19,20)16(6,7)13(18)8-12-9-14(21-17-12)15(3,4)5;1-11(2)10-20-16(6,7)13(18)8-12-9-14(19-17-12)15(3,4)5;1-11(2,3)10-7-8(14-16-10)6-9(15)12(4,5)13;1-4(2)3-5/h9,11H,8,10H2,1-7H3;9,11H,8,10H2,1-7H3;7H,6H2,1-5H3;4-5H,3H2,1-2H3. The van der Waals surface area contributed by atoms with Gasteiger partial charge in [-0.3, -0.25) is 14.4 Å². The van der Waals surface area contributed by atoms with Crippen LogP contribution in [0.5, 0.6) is 0 Å². The van der Waals surface area contributed by atoms with Crippen molar-refractivity contribution < 1.29 is 36.4 Å². The molecule has 0 radical (unpaired) electrons. The van der Waals surface area contributed by atoms with Crippen LogP contribution < -0.4 is 0 Å². The first kappa shape index (κ1) is 60.8. The van der Waals surface area contributed by atoms with Crippen LogP contribution >= 0.6 is 40.3 Å². The second kappa shape index (κ2) is 24.5. The average Bonchev–Trinajstić information content (AvgIpc) is 3.89. The van der Waals surface area contributed by atoms with Crippen LogP contribution in [0.2, 0.25) is 0 Å². The van der Waals surface area contributed by atoms with Gasteiger partial charge >= 0.3 is 0 Å². The van der Waals surface area contributed by atoms with E-state index in [9.17, 15) is 22.8 Å². The predicted molar refractivity (Wildman–Crippen MR) is 268 cm³/mol. The smallest absolute Gasteiger partial charge is 0.162 e. The number of Topliss-reactive ketones (excluding diaryl/α,β-unsaturated/α-hetero) is 3. The molecule has 0 aliphatic carbocycles. The van der Waals surface area contributed by atoms with Crippen molar-refractivity contribution in [3.63, 3.8) is 0 Å². The minimum absolute atomic E-state index is 0.00219. The van der Waals surface area contributed by atoms with Crippen LogP contribution in [-0.2, 0) is 59.7 Å². The van der Waals surface area contributed by atoms with Crippen molar-refractivity contribution in [2.75, 3.05) is 17.3 Å². The highest BCUT2D eigenvalue weighted by molar-refractivity contribution is 9.10. The first-order chi connectivity index (χ1) is 28.2. The maximum absolute atomic E-state index is 12.5. The number of thiol groups is 1. The van der Waals surface area contributed by atoms with E-state index >= 15 is 0 Å². The number of hydrogen-bond acceptors (Lipinski definition) is 13. The van der Waals surface area contributed by atoms with Crippen LogP contribution in [0.4, 0.5) is 0 Å². The summed E-state index contributed by atoms with van der Waals surface area (Å²) < 4.78 is 38.3. The van der Waals surface area contributed by atoms with E-state index in [4.69, 9.17) is 13.6 Å². The lowest BCUT2D eigenvalue weighted by atomic mass is 9.92. The third kappa shape index (κ3) is 22.2. The fourth-order valence-corrected chi connectivity index (χ4v) is 7.49. The van der Waals surface area contributed by atoms with Crippen LogP contribution in [0, 0.1) is 17.8 Å². The summed E-state index contributed by atoms with van der Waals surface area (Å²) in [7, 11) is -3.51. The molecular weight excluding hydrogens is 923 g/mol. The maximum atomic E-state index is 12.5. The van der Waals surface area contributed by atoms with Gasteiger partial charge in [0.05, 0.1) is 51.2 Å². The van der Waals surface area contributed by atoms with E-state index in [2.05, 4.69) is 92.5 Å². The monoisotopic (exact) mass is 1000 g/mol. The number of hydrogen-bond donors (Lipinski definition) is 1. The molecule has 0 N–H and O–H groups in total. The second-order valence-electron chi connectivity index (χ2n) is 22.0. The molecule has 3 aromatic heterocycles. The highest BCUT2D eigenvalue weighted by atomic mass is 79.9. The molecule has 0 amide bonds. The molecule has 0 aromatic carbocycles. The molecule has 3 heterocycles. The quantitative estimate of drug-likeness (QED) is 0.107. The third-order valence-electron chi connectivity index (χ3n) is 9.40. The SMILES string of the molecule is CC(C)(Br)C(=O)Cc1cc(C(C)(C)C)on1.CC(C)CS.CC(C)CS(=O)(=O)C(C)(C)C(=O)Cc1cc(C(C)(C)C)on1.CC(C)CSC(C)(C)C(=O)Cc1cc(C(C)(C)C)on1. The Labute approximate surface area is 399 Å². The number of alkyl halides is 1. The van der Waals surface area contributed by atoms with Crippen molar-refractivity contribution >= 4 is 67.5 Å². The lowest BCUT2D eigenvalue weighted by Gasteiger charge is -2.24. The highest BCUT2D eigenvalue weighted by Gasteiger charge is 2.41. The molecule has 15 heteroatoms. The Morgan fingerprint density at radius 2 is 0.905 bits per heavy atom. The Bertz CT molecular complexity index is 1980. The molecular formula is C48H82BrN3O8S3. The number of aromatic nitrogens is 3. The van der Waals surface area contributed by atoms with E-state index in [0.29, 0.717) is 35.9 Å². The molecule has 0 atom stereocenters. The first-order valence-electron chi connectivity index (χ1n) is 21.8. The van der Waals surface area contributed by atoms with Gasteiger partial charge in [0, 0.05) is 34.4 Å². The van der Waals surface area contributed by atoms with Gasteiger partial charge in [0.1, 0.15) is 22.0 Å². The van der Waals surface area contributed by atoms with Gasteiger partial charge in [-0.1, -0.05) is 135 Å². The molecule has 0 aliphatic heterocycles. The van der Waals surface area contributed by atoms with Gasteiger partial charge in [-0.2, -0.15) is 12.6 Å². The molecule has 63 heavy (non-hydrogen) atoms. The highest BCUT2D eigenvalue weighted by Crippen LogP contribution is 2.30. The van der Waals surface area contributed by atoms with Crippen molar-refractivity contribution in [1.82, 2.24) is 15.5 Å². The number of carbonyl (C=O) groups is 3. The minimum atomic E-state index is -3.51. The van der Waals surface area contributed by atoms with Crippen LogP contribution in [0.1, 0.15) is 180 Å². The normalized spacial score (nSPS) is 12.9. The fraction of sp³-hybridized carbons (Fsp3) is 0.750. The molecule has 362 valence electrons. The zero-order valence-corrected chi connectivity index (χ0v) is 46.6. The molecule has 0 unspecified atom stereocenters. The molecule has 11 nitrogen and oxygen atoms in total. The van der Waals surface area contributed by atoms with E-state index in [0.717, 1.165) is 34.6 Å². The van der Waals surface area contributed by atoms with E-state index in [-0.39, 0.29) is 56.4 Å².